The molecule has 1 atom stereocenters. The van der Waals surface area contributed by atoms with Crippen LogP contribution in [0.2, 0.25) is 0 Å². The molecule has 2 N–H and O–H groups in total. The van der Waals surface area contributed by atoms with Crippen LogP contribution in [-0.4, -0.2) is 38.3 Å². The Hall–Kier alpha value is -1.62. The number of aliphatic imine (C=N–C) groups is 1. The first-order valence-electron chi connectivity index (χ1n) is 8.16. The van der Waals surface area contributed by atoms with E-state index in [1.54, 1.807) is 12.1 Å². The molecule has 1 aromatic rings. The number of nitrogens with zero attached hydrogens (tertiary/aromatic N) is 1. The number of benzene rings is 1. The van der Waals surface area contributed by atoms with Gasteiger partial charge in [0.2, 0.25) is 0 Å². The quantitative estimate of drug-likeness (QED) is 0.462. The van der Waals surface area contributed by atoms with E-state index in [9.17, 15) is 4.39 Å². The Kier molecular flexibility index (Phi) is 7.16. The van der Waals surface area contributed by atoms with Crippen molar-refractivity contribution in [3.63, 3.8) is 0 Å². The van der Waals surface area contributed by atoms with E-state index in [4.69, 9.17) is 4.74 Å². The predicted octanol–water partition coefficient (Wildman–Crippen LogP) is 2.49. The van der Waals surface area contributed by atoms with Gasteiger partial charge in [0.25, 0.3) is 0 Å². The van der Waals surface area contributed by atoms with Crippen LogP contribution in [0.15, 0.2) is 29.3 Å². The lowest BCUT2D eigenvalue weighted by Crippen LogP contribution is -2.38. The first-order valence-corrected chi connectivity index (χ1v) is 8.16. The fourth-order valence-corrected chi connectivity index (χ4v) is 2.51. The molecule has 1 fully saturated rings. The summed E-state index contributed by atoms with van der Waals surface area (Å²) < 4.78 is 18.7. The van der Waals surface area contributed by atoms with Gasteiger partial charge in [-0.2, -0.15) is 0 Å². The van der Waals surface area contributed by atoms with E-state index in [0.29, 0.717) is 6.54 Å². The molecule has 1 aliphatic rings. The number of nitrogens with one attached hydrogen (secondary N) is 2. The highest BCUT2D eigenvalue weighted by molar-refractivity contribution is 5.79. The summed E-state index contributed by atoms with van der Waals surface area (Å²) in [5, 5.41) is 6.56. The molecule has 122 valence electrons. The molecule has 0 radical (unpaired) electrons. The van der Waals surface area contributed by atoms with Crippen molar-refractivity contribution in [1.82, 2.24) is 10.6 Å². The summed E-state index contributed by atoms with van der Waals surface area (Å²) >= 11 is 0. The van der Waals surface area contributed by atoms with Crippen molar-refractivity contribution >= 4 is 5.96 Å². The maximum Gasteiger partial charge on any atom is 0.191 e. The highest BCUT2D eigenvalue weighted by atomic mass is 19.1. The smallest absolute Gasteiger partial charge is 0.191 e. The van der Waals surface area contributed by atoms with Crippen molar-refractivity contribution in [3.05, 3.63) is 35.6 Å². The van der Waals surface area contributed by atoms with Crippen LogP contribution >= 0.6 is 0 Å². The van der Waals surface area contributed by atoms with Gasteiger partial charge in [-0.1, -0.05) is 12.1 Å². The van der Waals surface area contributed by atoms with Crippen LogP contribution < -0.4 is 10.6 Å². The van der Waals surface area contributed by atoms with Crippen molar-refractivity contribution < 1.29 is 9.13 Å². The molecule has 1 aromatic carbocycles. The van der Waals surface area contributed by atoms with E-state index in [2.05, 4.69) is 22.5 Å². The topological polar surface area (TPSA) is 45.7 Å². The molecule has 1 aliphatic heterocycles. The fourth-order valence-electron chi connectivity index (χ4n) is 2.51. The Morgan fingerprint density at radius 2 is 2.32 bits per heavy atom. The van der Waals surface area contributed by atoms with E-state index >= 15 is 0 Å². The SMILES string of the molecule is CCNC(=NCC1CCCO1)NCCCc1cccc(F)c1. The third-order valence-corrected chi connectivity index (χ3v) is 3.64. The van der Waals surface area contributed by atoms with Crippen LogP contribution in [0.3, 0.4) is 0 Å². The van der Waals surface area contributed by atoms with Gasteiger partial charge < -0.3 is 15.4 Å². The van der Waals surface area contributed by atoms with Gasteiger partial charge >= 0.3 is 0 Å². The molecule has 5 heteroatoms. The number of aryl methyl sites for hydroxylation is 1. The van der Waals surface area contributed by atoms with Gasteiger partial charge in [-0.15, -0.1) is 0 Å². The van der Waals surface area contributed by atoms with Crippen molar-refractivity contribution in [2.24, 2.45) is 4.99 Å². The molecular formula is C17H26FN3O. The predicted molar refractivity (Wildman–Crippen MR) is 87.7 cm³/mol. The highest BCUT2D eigenvalue weighted by Crippen LogP contribution is 2.11. The second kappa shape index (κ2) is 9.41. The molecule has 0 saturated carbocycles. The van der Waals surface area contributed by atoms with Crippen LogP contribution in [0, 0.1) is 5.82 Å². The van der Waals surface area contributed by atoms with Crippen LogP contribution in [-0.2, 0) is 11.2 Å². The summed E-state index contributed by atoms with van der Waals surface area (Å²) in [6.45, 7) is 5.27. The zero-order valence-corrected chi connectivity index (χ0v) is 13.3. The minimum Gasteiger partial charge on any atom is -0.376 e. The number of hydrogen-bond acceptors (Lipinski definition) is 2. The standard InChI is InChI=1S/C17H26FN3O/c1-2-19-17(21-13-16-9-5-11-22-16)20-10-4-7-14-6-3-8-15(18)12-14/h3,6,8,12,16H,2,4-5,7,9-11,13H2,1H3,(H2,19,20,21). The molecule has 0 amide bonds. The molecule has 1 saturated heterocycles. The highest BCUT2D eigenvalue weighted by Gasteiger charge is 2.14. The van der Waals surface area contributed by atoms with Gasteiger partial charge in [0, 0.05) is 19.7 Å². The molecular weight excluding hydrogens is 281 g/mol. The van der Waals surface area contributed by atoms with Crippen LogP contribution in [0.4, 0.5) is 4.39 Å². The van der Waals surface area contributed by atoms with E-state index in [1.807, 2.05) is 6.07 Å². The Morgan fingerprint density at radius 3 is 3.05 bits per heavy atom. The number of hydrogen-bond donors (Lipinski definition) is 2. The van der Waals surface area contributed by atoms with E-state index in [-0.39, 0.29) is 11.9 Å². The number of rotatable bonds is 7. The lowest BCUT2D eigenvalue weighted by atomic mass is 10.1. The summed E-state index contributed by atoms with van der Waals surface area (Å²) in [4.78, 5) is 4.56. The van der Waals surface area contributed by atoms with Gasteiger partial charge in [-0.25, -0.2) is 4.39 Å². The molecule has 22 heavy (non-hydrogen) atoms. The number of ether oxygens (including phenoxy) is 1. The largest absolute Gasteiger partial charge is 0.376 e. The van der Waals surface area contributed by atoms with Crippen molar-refractivity contribution in [2.75, 3.05) is 26.2 Å². The second-order valence-corrected chi connectivity index (χ2v) is 5.51. The first-order chi connectivity index (χ1) is 10.8. The zero-order valence-electron chi connectivity index (χ0n) is 13.3. The van der Waals surface area contributed by atoms with Crippen molar-refractivity contribution in [3.8, 4) is 0 Å². The lowest BCUT2D eigenvalue weighted by molar-refractivity contribution is 0.117. The molecule has 4 nitrogen and oxygen atoms in total. The Morgan fingerprint density at radius 1 is 1.41 bits per heavy atom. The minimum atomic E-state index is -0.170. The Labute approximate surface area is 132 Å². The number of halogens is 1. The van der Waals surface area contributed by atoms with Gasteiger partial charge in [0.15, 0.2) is 5.96 Å². The molecule has 0 spiro atoms. The molecule has 0 aliphatic carbocycles. The van der Waals surface area contributed by atoms with Crippen LogP contribution in [0.1, 0.15) is 31.7 Å². The van der Waals surface area contributed by atoms with Gasteiger partial charge in [-0.05, 0) is 50.3 Å². The van der Waals surface area contributed by atoms with Crippen LogP contribution in [0.25, 0.3) is 0 Å². The van der Waals surface area contributed by atoms with E-state index in [1.165, 1.54) is 6.07 Å². The molecule has 1 unspecified atom stereocenters. The minimum absolute atomic E-state index is 0.170. The third kappa shape index (κ3) is 6.02. The second-order valence-electron chi connectivity index (χ2n) is 5.51. The summed E-state index contributed by atoms with van der Waals surface area (Å²) in [6, 6.07) is 6.78. The zero-order chi connectivity index (χ0) is 15.6. The monoisotopic (exact) mass is 307 g/mol. The Balaban J connectivity index is 1.70. The van der Waals surface area contributed by atoms with E-state index < -0.39 is 0 Å². The molecule has 2 rings (SSSR count). The first kappa shape index (κ1) is 16.7. The van der Waals surface area contributed by atoms with E-state index in [0.717, 1.165) is 56.9 Å². The van der Waals surface area contributed by atoms with Gasteiger partial charge in [0.1, 0.15) is 5.82 Å². The van der Waals surface area contributed by atoms with Gasteiger partial charge in [0.05, 0.1) is 12.6 Å². The van der Waals surface area contributed by atoms with Gasteiger partial charge in [-0.3, -0.25) is 4.99 Å². The maximum absolute atomic E-state index is 13.1. The Bertz CT molecular complexity index is 473. The molecule has 1 heterocycles. The fraction of sp³-hybridized carbons (Fsp3) is 0.588. The van der Waals surface area contributed by atoms with Crippen molar-refractivity contribution in [1.29, 1.82) is 0 Å². The molecule has 0 aromatic heterocycles. The lowest BCUT2D eigenvalue weighted by Gasteiger charge is -2.13. The summed E-state index contributed by atoms with van der Waals surface area (Å²) in [5.41, 5.74) is 1.03. The maximum atomic E-state index is 13.1. The third-order valence-electron chi connectivity index (χ3n) is 3.64. The number of guanidine groups is 1. The summed E-state index contributed by atoms with van der Waals surface area (Å²) in [5.74, 6) is 0.661. The average Bonchev–Trinajstić information content (AvgIpc) is 3.02. The summed E-state index contributed by atoms with van der Waals surface area (Å²) in [6.07, 6.45) is 4.30. The van der Waals surface area contributed by atoms with Crippen molar-refractivity contribution in [2.45, 2.75) is 38.7 Å². The summed E-state index contributed by atoms with van der Waals surface area (Å²) in [7, 11) is 0. The average molecular weight is 307 g/mol. The normalized spacial score (nSPS) is 18.5. The molecule has 0 bridgehead atoms. The van der Waals surface area contributed by atoms with Crippen LogP contribution in [0.5, 0.6) is 0 Å².